The first kappa shape index (κ1) is 21.1. The van der Waals surface area contributed by atoms with E-state index in [1.54, 1.807) is 0 Å². The molecule has 0 amide bonds. The maximum absolute atomic E-state index is 6.21. The van der Waals surface area contributed by atoms with Gasteiger partial charge in [0.05, 0.1) is 5.69 Å². The van der Waals surface area contributed by atoms with Gasteiger partial charge in [0.15, 0.2) is 0 Å². The number of halogens is 1. The Morgan fingerprint density at radius 3 is 2.48 bits per heavy atom. The molecule has 0 aromatic heterocycles. The highest BCUT2D eigenvalue weighted by Gasteiger charge is 2.11. The van der Waals surface area contributed by atoms with Crippen LogP contribution in [0.5, 0.6) is 0 Å². The van der Waals surface area contributed by atoms with Gasteiger partial charge in [-0.1, -0.05) is 41.9 Å². The van der Waals surface area contributed by atoms with Gasteiger partial charge in [-0.15, -0.1) is 0 Å². The summed E-state index contributed by atoms with van der Waals surface area (Å²) in [5, 5.41) is 7.36. The highest BCUT2D eigenvalue weighted by Crippen LogP contribution is 2.34. The molecular weight excluding hydrogens is 406 g/mol. The molecule has 158 valence electrons. The Balaban J connectivity index is 1.60. The van der Waals surface area contributed by atoms with Crippen LogP contribution in [0.15, 0.2) is 76.7 Å². The van der Waals surface area contributed by atoms with E-state index in [2.05, 4.69) is 39.4 Å². The lowest BCUT2D eigenvalue weighted by atomic mass is 10.0. The summed E-state index contributed by atoms with van der Waals surface area (Å²) < 4.78 is 0. The molecule has 0 radical (unpaired) electrons. The Kier molecular flexibility index (Phi) is 6.65. The summed E-state index contributed by atoms with van der Waals surface area (Å²) in [6.07, 6.45) is 0. The number of aryl methyl sites for hydroxylation is 1. The summed E-state index contributed by atoms with van der Waals surface area (Å²) >= 11 is 6.21. The van der Waals surface area contributed by atoms with Gasteiger partial charge in [-0.3, -0.25) is 0 Å². The predicted molar refractivity (Wildman–Crippen MR) is 133 cm³/mol. The molecule has 6 heteroatoms. The van der Waals surface area contributed by atoms with Gasteiger partial charge in [-0.05, 0) is 61.2 Å². The van der Waals surface area contributed by atoms with Gasteiger partial charge in [0.25, 0.3) is 0 Å². The number of benzene rings is 3. The van der Waals surface area contributed by atoms with Gasteiger partial charge in [0, 0.05) is 48.1 Å². The molecule has 1 fully saturated rings. The zero-order valence-electron chi connectivity index (χ0n) is 17.6. The molecule has 1 saturated heterocycles. The van der Waals surface area contributed by atoms with Gasteiger partial charge in [0.2, 0.25) is 5.96 Å². The first-order valence-corrected chi connectivity index (χ1v) is 10.8. The lowest BCUT2D eigenvalue weighted by Gasteiger charge is -2.29. The largest absolute Gasteiger partial charge is 0.369 e. The molecule has 31 heavy (non-hydrogen) atoms. The summed E-state index contributed by atoms with van der Waals surface area (Å²) in [5.74, 6) is 0.451. The average Bonchev–Trinajstić information content (AvgIpc) is 2.81. The predicted octanol–water partition coefficient (Wildman–Crippen LogP) is 5.53. The van der Waals surface area contributed by atoms with Crippen LogP contribution < -0.4 is 15.5 Å². The average molecular weight is 432 g/mol. The van der Waals surface area contributed by atoms with E-state index in [0.29, 0.717) is 11.0 Å². The molecule has 0 aliphatic carbocycles. The van der Waals surface area contributed by atoms with E-state index in [4.69, 9.17) is 16.6 Å². The molecule has 1 aliphatic rings. The second-order valence-electron chi connectivity index (χ2n) is 7.48. The van der Waals surface area contributed by atoms with E-state index in [0.717, 1.165) is 54.2 Å². The zero-order chi connectivity index (χ0) is 21.6. The Labute approximate surface area is 188 Å². The Bertz CT molecular complexity index is 1090. The van der Waals surface area contributed by atoms with Crippen molar-refractivity contribution < 1.29 is 0 Å². The Hall–Kier alpha value is -3.15. The summed E-state index contributed by atoms with van der Waals surface area (Å²) in [4.78, 5) is 11.3. The van der Waals surface area contributed by atoms with E-state index < -0.39 is 0 Å². The third-order valence-corrected chi connectivity index (χ3v) is 5.58. The van der Waals surface area contributed by atoms with Crippen LogP contribution in [-0.2, 0) is 0 Å². The van der Waals surface area contributed by atoms with E-state index in [9.17, 15) is 0 Å². The first-order chi connectivity index (χ1) is 15.1. The van der Waals surface area contributed by atoms with Gasteiger partial charge >= 0.3 is 0 Å². The number of para-hydroxylation sites is 1. The molecule has 0 unspecified atom stereocenters. The molecule has 0 saturated carbocycles. The lowest BCUT2D eigenvalue weighted by molar-refractivity contribution is 0.589. The quantitative estimate of drug-likeness (QED) is 0.422. The number of aliphatic imine (C=N–C) groups is 2. The fraction of sp³-hybridized carbons (Fsp3) is 0.200. The molecule has 0 atom stereocenters. The highest BCUT2D eigenvalue weighted by atomic mass is 35.5. The smallest absolute Gasteiger partial charge is 0.227 e. The molecule has 1 heterocycles. The van der Waals surface area contributed by atoms with Gasteiger partial charge in [-0.2, -0.15) is 0 Å². The number of rotatable bonds is 4. The number of hydrogen-bond acceptors (Lipinski definition) is 3. The minimum atomic E-state index is 0.451. The first-order valence-electron chi connectivity index (χ1n) is 10.4. The SMILES string of the molecule is C=N/C(=N\c1c(C)cccc1-c1cccc(Cl)c1)Nc1ccc(N2CCNCC2)cc1. The van der Waals surface area contributed by atoms with Gasteiger partial charge in [0.1, 0.15) is 0 Å². The van der Waals surface area contributed by atoms with Crippen LogP contribution in [0.2, 0.25) is 5.02 Å². The number of anilines is 2. The van der Waals surface area contributed by atoms with E-state index in [1.807, 2.05) is 61.5 Å². The maximum atomic E-state index is 6.21. The topological polar surface area (TPSA) is 52.0 Å². The van der Waals surface area contributed by atoms with E-state index in [-0.39, 0.29) is 0 Å². The molecule has 1 aliphatic heterocycles. The summed E-state index contributed by atoms with van der Waals surface area (Å²) in [6.45, 7) is 9.82. The fourth-order valence-corrected chi connectivity index (χ4v) is 3.90. The number of nitrogens with one attached hydrogen (secondary N) is 2. The van der Waals surface area contributed by atoms with Crippen molar-refractivity contribution in [3.05, 3.63) is 77.3 Å². The number of nitrogens with zero attached hydrogens (tertiary/aromatic N) is 3. The second kappa shape index (κ2) is 9.77. The zero-order valence-corrected chi connectivity index (χ0v) is 18.4. The standard InChI is InChI=1S/C25H26ClN5/c1-18-5-3-8-23(19-6-4-7-20(26)17-19)24(18)30-25(27-2)29-21-9-11-22(12-10-21)31-15-13-28-14-16-31/h3-12,17,28H,2,13-16H2,1H3,(H,29,30). The maximum Gasteiger partial charge on any atom is 0.227 e. The van der Waals surface area contributed by atoms with E-state index in [1.165, 1.54) is 5.69 Å². The van der Waals surface area contributed by atoms with Crippen molar-refractivity contribution in [3.63, 3.8) is 0 Å². The van der Waals surface area contributed by atoms with Crippen LogP contribution in [-0.4, -0.2) is 38.9 Å². The Morgan fingerprint density at radius 1 is 1.03 bits per heavy atom. The number of piperazine rings is 1. The van der Waals surface area contributed by atoms with Crippen LogP contribution in [0.3, 0.4) is 0 Å². The van der Waals surface area contributed by atoms with Crippen molar-refractivity contribution in [2.24, 2.45) is 9.98 Å². The second-order valence-corrected chi connectivity index (χ2v) is 7.92. The molecule has 2 N–H and O–H groups in total. The third-order valence-electron chi connectivity index (χ3n) is 5.35. The van der Waals surface area contributed by atoms with Crippen molar-refractivity contribution >= 4 is 41.3 Å². The van der Waals surface area contributed by atoms with Gasteiger partial charge < -0.3 is 15.5 Å². The molecule has 5 nitrogen and oxygen atoms in total. The van der Waals surface area contributed by atoms with Crippen molar-refractivity contribution in [1.82, 2.24) is 5.32 Å². The minimum Gasteiger partial charge on any atom is -0.369 e. The van der Waals surface area contributed by atoms with Crippen molar-refractivity contribution in [1.29, 1.82) is 0 Å². The number of hydrogen-bond donors (Lipinski definition) is 2. The van der Waals surface area contributed by atoms with Crippen LogP contribution in [0, 0.1) is 6.92 Å². The highest BCUT2D eigenvalue weighted by molar-refractivity contribution is 6.30. The van der Waals surface area contributed by atoms with Crippen molar-refractivity contribution in [2.45, 2.75) is 6.92 Å². The number of guanidine groups is 1. The lowest BCUT2D eigenvalue weighted by Crippen LogP contribution is -2.43. The molecular formula is C25H26ClN5. The Morgan fingerprint density at radius 2 is 1.77 bits per heavy atom. The molecule has 3 aromatic carbocycles. The van der Waals surface area contributed by atoms with Crippen LogP contribution in [0.4, 0.5) is 17.1 Å². The summed E-state index contributed by atoms with van der Waals surface area (Å²) in [6, 6.07) is 22.2. The van der Waals surface area contributed by atoms with Crippen molar-refractivity contribution in [2.75, 3.05) is 36.4 Å². The van der Waals surface area contributed by atoms with Crippen LogP contribution >= 0.6 is 11.6 Å². The van der Waals surface area contributed by atoms with Crippen LogP contribution in [0.25, 0.3) is 11.1 Å². The van der Waals surface area contributed by atoms with Gasteiger partial charge in [-0.25, -0.2) is 9.98 Å². The van der Waals surface area contributed by atoms with Crippen molar-refractivity contribution in [3.8, 4) is 11.1 Å². The molecule has 0 bridgehead atoms. The molecule has 4 rings (SSSR count). The minimum absolute atomic E-state index is 0.451. The summed E-state index contributed by atoms with van der Waals surface area (Å²) in [5.41, 5.74) is 6.05. The van der Waals surface area contributed by atoms with Crippen LogP contribution in [0.1, 0.15) is 5.56 Å². The monoisotopic (exact) mass is 431 g/mol. The summed E-state index contributed by atoms with van der Waals surface area (Å²) in [7, 11) is 0. The normalized spacial score (nSPS) is 14.4. The third kappa shape index (κ3) is 5.13. The van der Waals surface area contributed by atoms with E-state index >= 15 is 0 Å². The molecule has 0 spiro atoms. The fourth-order valence-electron chi connectivity index (χ4n) is 3.71. The molecule has 3 aromatic rings.